The Hall–Kier alpha value is -1.52. The van der Waals surface area contributed by atoms with Crippen LogP contribution >= 0.6 is 0 Å². The maximum absolute atomic E-state index is 9.02. The number of aromatic nitrogens is 2. The third-order valence-corrected chi connectivity index (χ3v) is 1.34. The van der Waals surface area contributed by atoms with E-state index in [1.54, 1.807) is 6.21 Å². The van der Waals surface area contributed by atoms with Crippen LogP contribution in [0.2, 0.25) is 0 Å². The molecule has 2 heterocycles. The van der Waals surface area contributed by atoms with Crippen molar-refractivity contribution < 1.29 is 5.21 Å². The summed E-state index contributed by atoms with van der Waals surface area (Å²) in [5.41, 5.74) is 0.603. The van der Waals surface area contributed by atoms with Gasteiger partial charge in [-0.2, -0.15) is 4.73 Å². The van der Waals surface area contributed by atoms with Gasteiger partial charge in [0.2, 0.25) is 0 Å². The zero-order valence-corrected chi connectivity index (χ0v) is 5.15. The molecule has 0 atom stereocenters. The van der Waals surface area contributed by atoms with Gasteiger partial charge < -0.3 is 10.5 Å². The molecular formula is C5H6N4O. The lowest BCUT2D eigenvalue weighted by atomic mass is 10.4. The predicted octanol–water partition coefficient (Wildman–Crippen LogP) is -0.0777. The molecule has 10 heavy (non-hydrogen) atoms. The first-order chi connectivity index (χ1) is 4.88. The van der Waals surface area contributed by atoms with Crippen molar-refractivity contribution in [3.8, 4) is 0 Å². The van der Waals surface area contributed by atoms with Crippen molar-refractivity contribution in [2.75, 3.05) is 12.0 Å². The number of imidazole rings is 1. The summed E-state index contributed by atoms with van der Waals surface area (Å²) >= 11 is 0. The van der Waals surface area contributed by atoms with Gasteiger partial charge in [-0.15, -0.1) is 0 Å². The second-order valence-electron chi connectivity index (χ2n) is 1.97. The van der Waals surface area contributed by atoms with Crippen LogP contribution in [0, 0.1) is 0 Å². The number of anilines is 1. The first-order valence-electron chi connectivity index (χ1n) is 2.88. The normalized spacial score (nSPS) is 14.4. The van der Waals surface area contributed by atoms with E-state index in [1.165, 1.54) is 6.33 Å². The molecule has 0 unspecified atom stereocenters. The molecule has 52 valence electrons. The summed E-state index contributed by atoms with van der Waals surface area (Å²) in [6, 6.07) is 0. The number of aliphatic imine (C=N–C) groups is 1. The lowest BCUT2D eigenvalue weighted by Gasteiger charge is -2.05. The highest BCUT2D eigenvalue weighted by atomic mass is 16.5. The molecule has 0 amide bonds. The molecule has 2 rings (SSSR count). The summed E-state index contributed by atoms with van der Waals surface area (Å²) in [5.74, 6) is 0.678. The molecule has 5 heteroatoms. The molecule has 2 N–H and O–H groups in total. The molecule has 0 saturated heterocycles. The lowest BCUT2D eigenvalue weighted by molar-refractivity contribution is 0.184. The number of nitrogens with zero attached hydrogens (tertiary/aromatic N) is 3. The fourth-order valence-electron chi connectivity index (χ4n) is 0.858. The van der Waals surface area contributed by atoms with Crippen LogP contribution in [-0.2, 0) is 0 Å². The smallest absolute Gasteiger partial charge is 0.158 e. The molecule has 1 aromatic rings. The SMILES string of the molecule is On1cnc2c1C=NCN2. The van der Waals surface area contributed by atoms with Crippen LogP contribution in [-0.4, -0.2) is 27.8 Å². The Morgan fingerprint density at radius 3 is 3.40 bits per heavy atom. The van der Waals surface area contributed by atoms with Crippen LogP contribution in [0.5, 0.6) is 0 Å². The van der Waals surface area contributed by atoms with Gasteiger partial charge in [-0.05, 0) is 0 Å². The minimum Gasteiger partial charge on any atom is -0.427 e. The van der Waals surface area contributed by atoms with Gasteiger partial charge >= 0.3 is 0 Å². The van der Waals surface area contributed by atoms with Crippen molar-refractivity contribution in [3.05, 3.63) is 12.0 Å². The van der Waals surface area contributed by atoms with E-state index in [1.807, 2.05) is 0 Å². The highest BCUT2D eigenvalue weighted by Crippen LogP contribution is 2.11. The van der Waals surface area contributed by atoms with Gasteiger partial charge in [0, 0.05) is 0 Å². The molecule has 1 aliphatic rings. The van der Waals surface area contributed by atoms with Crippen LogP contribution < -0.4 is 5.32 Å². The van der Waals surface area contributed by atoms with Crippen LogP contribution in [0.4, 0.5) is 5.82 Å². The highest BCUT2D eigenvalue weighted by Gasteiger charge is 2.09. The Kier molecular flexibility index (Phi) is 0.913. The highest BCUT2D eigenvalue weighted by molar-refractivity contribution is 5.85. The summed E-state index contributed by atoms with van der Waals surface area (Å²) in [6.45, 7) is 0.532. The first kappa shape index (κ1) is 5.28. The molecule has 0 bridgehead atoms. The van der Waals surface area contributed by atoms with E-state index in [0.29, 0.717) is 18.2 Å². The Morgan fingerprint density at radius 2 is 2.60 bits per heavy atom. The van der Waals surface area contributed by atoms with Crippen molar-refractivity contribution in [2.24, 2.45) is 4.99 Å². The zero-order valence-electron chi connectivity index (χ0n) is 5.15. The maximum Gasteiger partial charge on any atom is 0.158 e. The number of nitrogens with one attached hydrogen (secondary N) is 1. The third-order valence-electron chi connectivity index (χ3n) is 1.34. The molecule has 0 aromatic carbocycles. The maximum atomic E-state index is 9.02. The van der Waals surface area contributed by atoms with Gasteiger partial charge in [-0.3, -0.25) is 4.99 Å². The van der Waals surface area contributed by atoms with E-state index in [0.717, 1.165) is 4.73 Å². The molecular weight excluding hydrogens is 132 g/mol. The Bertz CT molecular complexity index is 277. The van der Waals surface area contributed by atoms with E-state index in [2.05, 4.69) is 15.3 Å². The van der Waals surface area contributed by atoms with E-state index >= 15 is 0 Å². The topological polar surface area (TPSA) is 62.4 Å². The summed E-state index contributed by atoms with van der Waals surface area (Å²) < 4.78 is 0.936. The first-order valence-corrected chi connectivity index (χ1v) is 2.88. The quantitative estimate of drug-likeness (QED) is 0.493. The van der Waals surface area contributed by atoms with Crippen molar-refractivity contribution in [1.82, 2.24) is 9.71 Å². The summed E-state index contributed by atoms with van der Waals surface area (Å²) in [6.07, 6.45) is 2.91. The van der Waals surface area contributed by atoms with Crippen LogP contribution in [0.1, 0.15) is 5.69 Å². The summed E-state index contributed by atoms with van der Waals surface area (Å²) in [5, 5.41) is 11.9. The largest absolute Gasteiger partial charge is 0.427 e. The minimum atomic E-state index is 0.532. The van der Waals surface area contributed by atoms with Crippen molar-refractivity contribution >= 4 is 12.0 Å². The summed E-state index contributed by atoms with van der Waals surface area (Å²) in [7, 11) is 0. The van der Waals surface area contributed by atoms with E-state index < -0.39 is 0 Å². The Labute approximate surface area is 57.0 Å². The predicted molar refractivity (Wildman–Crippen MR) is 35.5 cm³/mol. The van der Waals surface area contributed by atoms with Gasteiger partial charge in [0.15, 0.2) is 5.82 Å². The molecule has 0 fully saturated rings. The van der Waals surface area contributed by atoms with Gasteiger partial charge in [0.1, 0.15) is 18.7 Å². The molecule has 0 aliphatic carbocycles. The number of hydrogen-bond donors (Lipinski definition) is 2. The van der Waals surface area contributed by atoms with Crippen molar-refractivity contribution in [1.29, 1.82) is 0 Å². The third kappa shape index (κ3) is 0.570. The van der Waals surface area contributed by atoms with Crippen LogP contribution in [0.15, 0.2) is 11.3 Å². The Balaban J connectivity index is 2.57. The van der Waals surface area contributed by atoms with E-state index in [4.69, 9.17) is 5.21 Å². The molecule has 1 aromatic heterocycles. The van der Waals surface area contributed by atoms with E-state index in [9.17, 15) is 0 Å². The number of fused-ring (bicyclic) bond motifs is 1. The molecule has 5 nitrogen and oxygen atoms in total. The molecule has 0 spiro atoms. The second kappa shape index (κ2) is 1.73. The molecule has 0 radical (unpaired) electrons. The zero-order chi connectivity index (χ0) is 6.97. The van der Waals surface area contributed by atoms with Crippen LogP contribution in [0.25, 0.3) is 0 Å². The average molecular weight is 138 g/mol. The van der Waals surface area contributed by atoms with Gasteiger partial charge in [0.05, 0.1) is 6.21 Å². The van der Waals surface area contributed by atoms with Gasteiger partial charge in [-0.1, -0.05) is 0 Å². The van der Waals surface area contributed by atoms with Gasteiger partial charge in [-0.25, -0.2) is 4.98 Å². The monoisotopic (exact) mass is 138 g/mol. The molecule has 0 saturated carbocycles. The fraction of sp³-hybridized carbons (Fsp3) is 0.200. The second-order valence-corrected chi connectivity index (χ2v) is 1.97. The average Bonchev–Trinajstić information content (AvgIpc) is 2.34. The Morgan fingerprint density at radius 1 is 1.70 bits per heavy atom. The van der Waals surface area contributed by atoms with Crippen molar-refractivity contribution in [2.45, 2.75) is 0 Å². The lowest BCUT2D eigenvalue weighted by Crippen LogP contribution is -2.09. The summed E-state index contributed by atoms with van der Waals surface area (Å²) in [4.78, 5) is 7.76. The minimum absolute atomic E-state index is 0.532. The van der Waals surface area contributed by atoms with Crippen LogP contribution in [0.3, 0.4) is 0 Å². The molecule has 1 aliphatic heterocycles. The van der Waals surface area contributed by atoms with Crippen molar-refractivity contribution in [3.63, 3.8) is 0 Å². The number of rotatable bonds is 0. The number of hydrogen-bond acceptors (Lipinski definition) is 4. The standard InChI is InChI=1S/C5H6N4O/c10-9-3-8-5-4(9)1-6-2-7-5/h1,3,7,10H,2H2. The van der Waals surface area contributed by atoms with Gasteiger partial charge in [0.25, 0.3) is 0 Å². The fourth-order valence-corrected chi connectivity index (χ4v) is 0.858. The van der Waals surface area contributed by atoms with E-state index in [-0.39, 0.29) is 0 Å².